The number of rotatable bonds is 7. The molecule has 0 saturated carbocycles. The zero-order valence-corrected chi connectivity index (χ0v) is 10.6. The smallest absolute Gasteiger partial charge is 0.253 e. The second-order valence-electron chi connectivity index (χ2n) is 3.73. The zero-order chi connectivity index (χ0) is 13.4. The van der Waals surface area contributed by atoms with E-state index in [2.05, 4.69) is 6.58 Å². The molecule has 0 aliphatic carbocycles. The molecule has 4 heteroatoms. The maximum Gasteiger partial charge on any atom is 0.253 e. The highest BCUT2D eigenvalue weighted by atomic mass is 16.5. The van der Waals surface area contributed by atoms with Crippen LogP contribution in [0.2, 0.25) is 0 Å². The van der Waals surface area contributed by atoms with Gasteiger partial charge in [-0.05, 0) is 31.2 Å². The quantitative estimate of drug-likeness (QED) is 0.748. The highest BCUT2D eigenvalue weighted by Crippen LogP contribution is 2.13. The number of hydrogen-bond donors (Lipinski definition) is 1. The second kappa shape index (κ2) is 7.50. The predicted octanol–water partition coefficient (Wildman–Crippen LogP) is 1.71. The van der Waals surface area contributed by atoms with E-state index in [1.165, 1.54) is 0 Å². The van der Waals surface area contributed by atoms with Gasteiger partial charge in [0.15, 0.2) is 0 Å². The molecule has 0 radical (unpaired) electrons. The van der Waals surface area contributed by atoms with E-state index in [9.17, 15) is 4.79 Å². The summed E-state index contributed by atoms with van der Waals surface area (Å²) in [4.78, 5) is 13.6. The Morgan fingerprint density at radius 3 is 2.61 bits per heavy atom. The van der Waals surface area contributed by atoms with E-state index in [0.717, 1.165) is 0 Å². The molecule has 0 unspecified atom stereocenters. The van der Waals surface area contributed by atoms with Crippen molar-refractivity contribution in [2.45, 2.75) is 6.92 Å². The normalized spacial score (nSPS) is 9.89. The molecule has 0 heterocycles. The van der Waals surface area contributed by atoms with Crippen molar-refractivity contribution in [2.24, 2.45) is 0 Å². The Morgan fingerprint density at radius 1 is 1.44 bits per heavy atom. The maximum absolute atomic E-state index is 12.0. The molecule has 4 nitrogen and oxygen atoms in total. The summed E-state index contributed by atoms with van der Waals surface area (Å²) in [6, 6.07) is 6.95. The summed E-state index contributed by atoms with van der Waals surface area (Å²) >= 11 is 0. The van der Waals surface area contributed by atoms with E-state index in [0.29, 0.717) is 31.0 Å². The van der Waals surface area contributed by atoms with Crippen LogP contribution in [0.3, 0.4) is 0 Å². The Hall–Kier alpha value is -1.81. The average Bonchev–Trinajstić information content (AvgIpc) is 2.42. The summed E-state index contributed by atoms with van der Waals surface area (Å²) in [6.45, 7) is 6.80. The summed E-state index contributed by atoms with van der Waals surface area (Å²) in [5.74, 6) is 0.624. The van der Waals surface area contributed by atoms with Crippen molar-refractivity contribution in [2.75, 3.05) is 26.3 Å². The van der Waals surface area contributed by atoms with Gasteiger partial charge in [0.25, 0.3) is 5.91 Å². The fourth-order valence-corrected chi connectivity index (χ4v) is 1.56. The topological polar surface area (TPSA) is 49.8 Å². The monoisotopic (exact) mass is 249 g/mol. The summed E-state index contributed by atoms with van der Waals surface area (Å²) in [6.07, 6.45) is 1.67. The number of benzene rings is 1. The van der Waals surface area contributed by atoms with Crippen LogP contribution < -0.4 is 4.74 Å². The molecule has 18 heavy (non-hydrogen) atoms. The van der Waals surface area contributed by atoms with Gasteiger partial charge in [0.1, 0.15) is 12.4 Å². The Kier molecular flexibility index (Phi) is 5.94. The third-order valence-corrected chi connectivity index (χ3v) is 2.51. The Labute approximate surface area is 107 Å². The lowest BCUT2D eigenvalue weighted by Crippen LogP contribution is -2.33. The van der Waals surface area contributed by atoms with Crippen molar-refractivity contribution in [3.8, 4) is 5.75 Å². The molecular weight excluding hydrogens is 230 g/mol. The van der Waals surface area contributed by atoms with Crippen molar-refractivity contribution in [3.63, 3.8) is 0 Å². The van der Waals surface area contributed by atoms with E-state index in [1.54, 1.807) is 35.2 Å². The maximum atomic E-state index is 12.0. The summed E-state index contributed by atoms with van der Waals surface area (Å²) < 4.78 is 5.34. The van der Waals surface area contributed by atoms with E-state index in [-0.39, 0.29) is 12.5 Å². The average molecular weight is 249 g/mol. The van der Waals surface area contributed by atoms with Crippen LogP contribution in [0.15, 0.2) is 36.9 Å². The van der Waals surface area contributed by atoms with Crippen LogP contribution >= 0.6 is 0 Å². The molecule has 0 saturated heterocycles. The molecule has 1 aromatic rings. The number of nitrogens with zero attached hydrogens (tertiary/aromatic N) is 1. The van der Waals surface area contributed by atoms with Gasteiger partial charge in [0.05, 0.1) is 6.61 Å². The summed E-state index contributed by atoms with van der Waals surface area (Å²) in [5.41, 5.74) is 0.594. The first-order chi connectivity index (χ1) is 8.72. The molecule has 1 rings (SSSR count). The highest BCUT2D eigenvalue weighted by Gasteiger charge is 2.13. The van der Waals surface area contributed by atoms with Gasteiger partial charge >= 0.3 is 0 Å². The standard InChI is InChI=1S/C14H19NO3/c1-3-11-18-13-7-5-12(6-8-13)14(17)15(4-2)9-10-16/h3,5-8,16H,1,4,9-11H2,2H3. The third-order valence-electron chi connectivity index (χ3n) is 2.51. The predicted molar refractivity (Wildman–Crippen MR) is 70.8 cm³/mol. The Bertz CT molecular complexity index is 387. The number of ether oxygens (including phenoxy) is 1. The SMILES string of the molecule is C=CCOc1ccc(C(=O)N(CC)CCO)cc1. The van der Waals surface area contributed by atoms with E-state index in [4.69, 9.17) is 9.84 Å². The number of carbonyl (C=O) groups excluding carboxylic acids is 1. The highest BCUT2D eigenvalue weighted by molar-refractivity contribution is 5.94. The molecule has 0 aliphatic heterocycles. The number of amides is 1. The van der Waals surface area contributed by atoms with Crippen LogP contribution in [0.5, 0.6) is 5.75 Å². The van der Waals surface area contributed by atoms with Crippen molar-refractivity contribution >= 4 is 5.91 Å². The first kappa shape index (κ1) is 14.3. The fourth-order valence-electron chi connectivity index (χ4n) is 1.56. The molecule has 1 N–H and O–H groups in total. The van der Waals surface area contributed by atoms with Gasteiger partial charge in [-0.2, -0.15) is 0 Å². The number of aliphatic hydroxyl groups is 1. The zero-order valence-electron chi connectivity index (χ0n) is 10.6. The van der Waals surface area contributed by atoms with Crippen LogP contribution in [-0.2, 0) is 0 Å². The molecule has 1 amide bonds. The first-order valence-corrected chi connectivity index (χ1v) is 5.96. The molecule has 0 atom stereocenters. The van der Waals surface area contributed by atoms with Gasteiger partial charge in [-0.3, -0.25) is 4.79 Å². The Balaban J connectivity index is 2.71. The second-order valence-corrected chi connectivity index (χ2v) is 3.73. The van der Waals surface area contributed by atoms with Gasteiger partial charge in [-0.1, -0.05) is 12.7 Å². The van der Waals surface area contributed by atoms with Gasteiger partial charge in [-0.15, -0.1) is 0 Å². The Morgan fingerprint density at radius 2 is 2.11 bits per heavy atom. The van der Waals surface area contributed by atoms with Gasteiger partial charge in [0.2, 0.25) is 0 Å². The third kappa shape index (κ3) is 3.89. The van der Waals surface area contributed by atoms with Crippen LogP contribution in [0.1, 0.15) is 17.3 Å². The lowest BCUT2D eigenvalue weighted by Gasteiger charge is -2.19. The van der Waals surface area contributed by atoms with Gasteiger partial charge < -0.3 is 14.7 Å². The lowest BCUT2D eigenvalue weighted by atomic mass is 10.2. The van der Waals surface area contributed by atoms with Crippen molar-refractivity contribution < 1.29 is 14.6 Å². The minimum atomic E-state index is -0.0816. The minimum Gasteiger partial charge on any atom is -0.490 e. The first-order valence-electron chi connectivity index (χ1n) is 5.96. The number of hydrogen-bond acceptors (Lipinski definition) is 3. The summed E-state index contributed by atoms with van der Waals surface area (Å²) in [5, 5.41) is 8.88. The van der Waals surface area contributed by atoms with Crippen molar-refractivity contribution in [1.29, 1.82) is 0 Å². The van der Waals surface area contributed by atoms with Crippen molar-refractivity contribution in [3.05, 3.63) is 42.5 Å². The van der Waals surface area contributed by atoms with Crippen molar-refractivity contribution in [1.82, 2.24) is 4.90 Å². The number of carbonyl (C=O) groups is 1. The van der Waals surface area contributed by atoms with E-state index in [1.807, 2.05) is 6.92 Å². The number of aliphatic hydroxyl groups excluding tert-OH is 1. The number of likely N-dealkylation sites (N-methyl/N-ethyl adjacent to an activating group) is 1. The molecule has 0 fully saturated rings. The molecular formula is C14H19NO3. The van der Waals surface area contributed by atoms with Crippen LogP contribution in [0.4, 0.5) is 0 Å². The fraction of sp³-hybridized carbons (Fsp3) is 0.357. The molecule has 0 aromatic heterocycles. The largest absolute Gasteiger partial charge is 0.490 e. The molecule has 98 valence electrons. The molecule has 0 spiro atoms. The van der Waals surface area contributed by atoms with Crippen LogP contribution in [0.25, 0.3) is 0 Å². The molecule has 0 aliphatic rings. The minimum absolute atomic E-state index is 0.0277. The molecule has 0 bridgehead atoms. The van der Waals surface area contributed by atoms with Crippen LogP contribution in [0, 0.1) is 0 Å². The summed E-state index contributed by atoms with van der Waals surface area (Å²) in [7, 11) is 0. The van der Waals surface area contributed by atoms with Gasteiger partial charge in [0, 0.05) is 18.7 Å². The van der Waals surface area contributed by atoms with Gasteiger partial charge in [-0.25, -0.2) is 0 Å². The lowest BCUT2D eigenvalue weighted by molar-refractivity contribution is 0.0732. The molecule has 1 aromatic carbocycles. The van der Waals surface area contributed by atoms with E-state index < -0.39 is 0 Å². The van der Waals surface area contributed by atoms with E-state index >= 15 is 0 Å². The van der Waals surface area contributed by atoms with Crippen LogP contribution in [-0.4, -0.2) is 42.2 Å².